The molecule has 2 aromatic carbocycles. The van der Waals surface area contributed by atoms with Gasteiger partial charge in [-0.05, 0) is 49.7 Å². The maximum absolute atomic E-state index is 12.2. The lowest BCUT2D eigenvalue weighted by Gasteiger charge is -2.09. The van der Waals surface area contributed by atoms with Gasteiger partial charge < -0.3 is 14.8 Å². The number of carbonyl (C=O) groups is 2. The Morgan fingerprint density at radius 3 is 2.40 bits per heavy atom. The van der Waals surface area contributed by atoms with Gasteiger partial charge in [-0.25, -0.2) is 9.97 Å². The van der Waals surface area contributed by atoms with E-state index in [2.05, 4.69) is 22.2 Å². The zero-order valence-corrected chi connectivity index (χ0v) is 17.2. The summed E-state index contributed by atoms with van der Waals surface area (Å²) in [6.45, 7) is 4.34. The molecular formula is C23H25N3O4. The lowest BCUT2D eigenvalue weighted by atomic mass is 10.2. The number of rotatable bonds is 9. The Kier molecular flexibility index (Phi) is 7.32. The molecular weight excluding hydrogens is 382 g/mol. The fourth-order valence-corrected chi connectivity index (χ4v) is 2.75. The third-order valence-corrected chi connectivity index (χ3v) is 4.49. The average Bonchev–Trinajstić information content (AvgIpc) is 2.76. The number of unbranched alkanes of at least 4 members (excludes halogenated alkanes) is 1. The third-order valence-electron chi connectivity index (χ3n) is 4.49. The van der Waals surface area contributed by atoms with Crippen molar-refractivity contribution in [2.75, 3.05) is 13.2 Å². The number of hydrogen-bond donors (Lipinski definition) is 1. The van der Waals surface area contributed by atoms with Crippen LogP contribution in [0.2, 0.25) is 0 Å². The van der Waals surface area contributed by atoms with E-state index in [1.165, 1.54) is 0 Å². The minimum absolute atomic E-state index is 0.00215. The molecule has 0 atom stereocenters. The van der Waals surface area contributed by atoms with Crippen LogP contribution in [0.1, 0.15) is 41.5 Å². The van der Waals surface area contributed by atoms with E-state index in [-0.39, 0.29) is 19.1 Å². The number of aryl methyl sites for hydroxylation is 1. The molecule has 0 radical (unpaired) electrons. The molecule has 1 N–H and O–H groups in total. The second-order valence-electron chi connectivity index (χ2n) is 6.81. The van der Waals surface area contributed by atoms with Crippen LogP contribution in [-0.2, 0) is 16.1 Å². The Labute approximate surface area is 175 Å². The van der Waals surface area contributed by atoms with Gasteiger partial charge in [0.1, 0.15) is 18.9 Å². The first-order chi connectivity index (χ1) is 14.6. The number of carbonyl (C=O) groups excluding carboxylic acids is 2. The van der Waals surface area contributed by atoms with Crippen molar-refractivity contribution >= 4 is 22.9 Å². The lowest BCUT2D eigenvalue weighted by Crippen LogP contribution is -2.30. The molecule has 0 saturated carbocycles. The van der Waals surface area contributed by atoms with Crippen molar-refractivity contribution in [1.82, 2.24) is 15.3 Å². The molecule has 3 aromatic rings. The van der Waals surface area contributed by atoms with Gasteiger partial charge in [-0.3, -0.25) is 9.59 Å². The van der Waals surface area contributed by atoms with Gasteiger partial charge in [0.05, 0.1) is 29.0 Å². The van der Waals surface area contributed by atoms with Crippen molar-refractivity contribution in [2.24, 2.45) is 0 Å². The van der Waals surface area contributed by atoms with Crippen molar-refractivity contribution < 1.29 is 19.1 Å². The van der Waals surface area contributed by atoms with E-state index in [1.54, 1.807) is 24.3 Å². The van der Waals surface area contributed by atoms with E-state index in [0.717, 1.165) is 23.9 Å². The van der Waals surface area contributed by atoms with Gasteiger partial charge in [0.25, 0.3) is 5.91 Å². The highest BCUT2D eigenvalue weighted by Gasteiger charge is 2.11. The van der Waals surface area contributed by atoms with Crippen LogP contribution in [0.25, 0.3) is 11.0 Å². The fourth-order valence-electron chi connectivity index (χ4n) is 2.75. The Balaban J connectivity index is 1.47. The Bertz CT molecular complexity index is 1020. The molecule has 156 valence electrons. The second-order valence-corrected chi connectivity index (χ2v) is 6.81. The van der Waals surface area contributed by atoms with Gasteiger partial charge in [-0.1, -0.05) is 25.5 Å². The summed E-state index contributed by atoms with van der Waals surface area (Å²) < 4.78 is 10.8. The predicted octanol–water partition coefficient (Wildman–Crippen LogP) is 3.59. The molecule has 0 aliphatic heterocycles. The normalized spacial score (nSPS) is 10.6. The smallest absolute Gasteiger partial charge is 0.325 e. The number of nitrogens with zero attached hydrogens (tertiary/aromatic N) is 2. The number of amides is 1. The van der Waals surface area contributed by atoms with Gasteiger partial charge in [0, 0.05) is 5.56 Å². The first-order valence-corrected chi connectivity index (χ1v) is 9.95. The molecule has 3 rings (SSSR count). The summed E-state index contributed by atoms with van der Waals surface area (Å²) >= 11 is 0. The maximum Gasteiger partial charge on any atom is 0.325 e. The lowest BCUT2D eigenvalue weighted by molar-refractivity contribution is -0.143. The fraction of sp³-hybridized carbons (Fsp3) is 0.304. The third kappa shape index (κ3) is 5.76. The van der Waals surface area contributed by atoms with E-state index in [0.29, 0.717) is 29.3 Å². The SMILES string of the molecule is CCCCOc1ccc(C(=O)NCC(=O)OCc2nc3ccccc3nc2C)cc1. The van der Waals surface area contributed by atoms with Crippen LogP contribution >= 0.6 is 0 Å². The van der Waals surface area contributed by atoms with Crippen LogP contribution in [0.15, 0.2) is 48.5 Å². The molecule has 1 heterocycles. The van der Waals surface area contributed by atoms with E-state index in [9.17, 15) is 9.59 Å². The molecule has 0 unspecified atom stereocenters. The zero-order valence-electron chi connectivity index (χ0n) is 17.2. The molecule has 1 amide bonds. The number of aromatic nitrogens is 2. The summed E-state index contributed by atoms with van der Waals surface area (Å²) in [5.74, 6) is -0.183. The molecule has 0 aliphatic rings. The highest BCUT2D eigenvalue weighted by molar-refractivity contribution is 5.96. The average molecular weight is 407 g/mol. The van der Waals surface area contributed by atoms with Crippen LogP contribution < -0.4 is 10.1 Å². The van der Waals surface area contributed by atoms with Gasteiger partial charge in [-0.2, -0.15) is 0 Å². The van der Waals surface area contributed by atoms with Crippen LogP contribution in [0, 0.1) is 6.92 Å². The highest BCUT2D eigenvalue weighted by Crippen LogP contribution is 2.14. The van der Waals surface area contributed by atoms with Crippen molar-refractivity contribution in [1.29, 1.82) is 0 Å². The van der Waals surface area contributed by atoms with Gasteiger partial charge in [0.15, 0.2) is 0 Å². The van der Waals surface area contributed by atoms with Crippen LogP contribution in [0.5, 0.6) is 5.75 Å². The van der Waals surface area contributed by atoms with Crippen molar-refractivity contribution in [3.8, 4) is 5.75 Å². The summed E-state index contributed by atoms with van der Waals surface area (Å²) in [5.41, 5.74) is 3.27. The number of nitrogens with one attached hydrogen (secondary N) is 1. The molecule has 0 spiro atoms. The Hall–Kier alpha value is -3.48. The number of fused-ring (bicyclic) bond motifs is 1. The molecule has 7 nitrogen and oxygen atoms in total. The summed E-state index contributed by atoms with van der Waals surface area (Å²) in [6.07, 6.45) is 2.04. The minimum atomic E-state index is -0.544. The second kappa shape index (κ2) is 10.3. The van der Waals surface area contributed by atoms with Gasteiger partial charge in [-0.15, -0.1) is 0 Å². The largest absolute Gasteiger partial charge is 0.494 e. The highest BCUT2D eigenvalue weighted by atomic mass is 16.5. The number of ether oxygens (including phenoxy) is 2. The minimum Gasteiger partial charge on any atom is -0.494 e. The van der Waals surface area contributed by atoms with Crippen molar-refractivity contribution in [3.63, 3.8) is 0 Å². The van der Waals surface area contributed by atoms with E-state index in [1.807, 2.05) is 31.2 Å². The summed E-state index contributed by atoms with van der Waals surface area (Å²) in [5, 5.41) is 2.56. The quantitative estimate of drug-likeness (QED) is 0.431. The monoisotopic (exact) mass is 407 g/mol. The number of benzene rings is 2. The molecule has 0 aliphatic carbocycles. The topological polar surface area (TPSA) is 90.4 Å². The van der Waals surface area contributed by atoms with E-state index < -0.39 is 5.97 Å². The van der Waals surface area contributed by atoms with E-state index >= 15 is 0 Å². The van der Waals surface area contributed by atoms with E-state index in [4.69, 9.17) is 9.47 Å². The zero-order chi connectivity index (χ0) is 21.3. The van der Waals surface area contributed by atoms with Crippen LogP contribution in [0.4, 0.5) is 0 Å². The Morgan fingerprint density at radius 2 is 1.70 bits per heavy atom. The van der Waals surface area contributed by atoms with Crippen LogP contribution in [-0.4, -0.2) is 35.0 Å². The molecule has 7 heteroatoms. The molecule has 0 saturated heterocycles. The molecule has 1 aromatic heterocycles. The number of hydrogen-bond acceptors (Lipinski definition) is 6. The standard InChI is InChI=1S/C23H25N3O4/c1-3-4-13-29-18-11-9-17(10-12-18)23(28)24-14-22(27)30-15-21-16(2)25-19-7-5-6-8-20(19)26-21/h5-12H,3-4,13-15H2,1-2H3,(H,24,28). The maximum atomic E-state index is 12.2. The first kappa shape index (κ1) is 21.2. The predicted molar refractivity (Wildman–Crippen MR) is 113 cm³/mol. The van der Waals surface area contributed by atoms with Crippen molar-refractivity contribution in [2.45, 2.75) is 33.3 Å². The van der Waals surface area contributed by atoms with Crippen molar-refractivity contribution in [3.05, 3.63) is 65.5 Å². The van der Waals surface area contributed by atoms with Gasteiger partial charge >= 0.3 is 5.97 Å². The summed E-state index contributed by atoms with van der Waals surface area (Å²) in [6, 6.07) is 14.3. The Morgan fingerprint density at radius 1 is 1.00 bits per heavy atom. The molecule has 30 heavy (non-hydrogen) atoms. The van der Waals surface area contributed by atoms with Gasteiger partial charge in [0.2, 0.25) is 0 Å². The summed E-state index contributed by atoms with van der Waals surface area (Å²) in [4.78, 5) is 33.2. The number of para-hydroxylation sites is 2. The molecule has 0 bridgehead atoms. The molecule has 0 fully saturated rings. The first-order valence-electron chi connectivity index (χ1n) is 9.95. The number of esters is 1. The van der Waals surface area contributed by atoms with Crippen LogP contribution in [0.3, 0.4) is 0 Å². The summed E-state index contributed by atoms with van der Waals surface area (Å²) in [7, 11) is 0.